The number of rotatable bonds is 4. The van der Waals surface area contributed by atoms with Gasteiger partial charge in [0.25, 0.3) is 0 Å². The third kappa shape index (κ3) is 4.55. The van der Waals surface area contributed by atoms with Crippen molar-refractivity contribution >= 4 is 21.7 Å². The van der Waals surface area contributed by atoms with Crippen molar-refractivity contribution in [1.82, 2.24) is 9.62 Å². The molecule has 0 bridgehead atoms. The van der Waals surface area contributed by atoms with Gasteiger partial charge in [-0.25, -0.2) is 13.2 Å². The summed E-state index contributed by atoms with van der Waals surface area (Å²) in [5.74, 6) is 0. The lowest BCUT2D eigenvalue weighted by molar-refractivity contribution is 0.0393. The Labute approximate surface area is 155 Å². The van der Waals surface area contributed by atoms with E-state index in [4.69, 9.17) is 4.74 Å². The molecular formula is C18H27N3O4S. The van der Waals surface area contributed by atoms with Crippen molar-refractivity contribution in [3.8, 4) is 0 Å². The first-order valence-electron chi connectivity index (χ1n) is 9.24. The van der Waals surface area contributed by atoms with Crippen LogP contribution in [0.15, 0.2) is 29.2 Å². The quantitative estimate of drug-likeness (QED) is 0.839. The second kappa shape index (κ2) is 8.37. The first-order valence-corrected chi connectivity index (χ1v) is 10.7. The number of anilines is 1. The van der Waals surface area contributed by atoms with Crippen LogP contribution in [0.3, 0.4) is 0 Å². The first kappa shape index (κ1) is 19.1. The summed E-state index contributed by atoms with van der Waals surface area (Å²) in [5, 5.41) is 5.76. The van der Waals surface area contributed by atoms with Gasteiger partial charge < -0.3 is 15.4 Å². The Morgan fingerprint density at radius 1 is 1.15 bits per heavy atom. The number of carbonyl (C=O) groups excluding carboxylic acids is 1. The number of urea groups is 1. The molecule has 1 aliphatic carbocycles. The largest absolute Gasteiger partial charge is 0.378 e. The number of hydrogen-bond acceptors (Lipinski definition) is 4. The molecule has 1 aromatic carbocycles. The van der Waals surface area contributed by atoms with Crippen LogP contribution in [0.2, 0.25) is 0 Å². The first-order chi connectivity index (χ1) is 12.5. The van der Waals surface area contributed by atoms with E-state index in [0.717, 1.165) is 25.7 Å². The molecule has 1 aliphatic heterocycles. The van der Waals surface area contributed by atoms with Crippen molar-refractivity contribution in [3.05, 3.63) is 24.3 Å². The maximum atomic E-state index is 12.8. The average Bonchev–Trinajstić information content (AvgIpc) is 2.63. The standard InChI is InChI=1S/C18H27N3O4S/c1-14-13-25-12-11-21(14)26(23,24)17-9-7-16(8-10-17)20-18(22)19-15-5-3-2-4-6-15/h7-10,14-15H,2-6,11-13H2,1H3,(H2,19,20,22). The third-order valence-electron chi connectivity index (χ3n) is 4.97. The maximum Gasteiger partial charge on any atom is 0.319 e. The van der Waals surface area contributed by atoms with E-state index in [0.29, 0.717) is 25.4 Å². The lowest BCUT2D eigenvalue weighted by Gasteiger charge is -2.32. The van der Waals surface area contributed by atoms with Crippen molar-refractivity contribution < 1.29 is 17.9 Å². The number of amides is 2. The molecule has 1 saturated carbocycles. The summed E-state index contributed by atoms with van der Waals surface area (Å²) < 4.78 is 32.3. The average molecular weight is 381 g/mol. The van der Waals surface area contributed by atoms with E-state index in [1.807, 2.05) is 6.92 Å². The van der Waals surface area contributed by atoms with E-state index in [1.54, 1.807) is 12.1 Å². The fourth-order valence-electron chi connectivity index (χ4n) is 3.51. The minimum atomic E-state index is -3.55. The second-order valence-corrected chi connectivity index (χ2v) is 8.89. The van der Waals surface area contributed by atoms with Crippen molar-refractivity contribution in [1.29, 1.82) is 0 Å². The van der Waals surface area contributed by atoms with Gasteiger partial charge in [0.05, 0.1) is 18.1 Å². The molecule has 1 aromatic rings. The Morgan fingerprint density at radius 3 is 2.50 bits per heavy atom. The molecule has 2 N–H and O–H groups in total. The summed E-state index contributed by atoms with van der Waals surface area (Å²) in [4.78, 5) is 12.3. The number of benzene rings is 1. The predicted molar refractivity (Wildman–Crippen MR) is 99.6 cm³/mol. The van der Waals surface area contributed by atoms with Gasteiger partial charge in [-0.2, -0.15) is 4.31 Å². The lowest BCUT2D eigenvalue weighted by Crippen LogP contribution is -2.46. The van der Waals surface area contributed by atoms with Crippen LogP contribution in [0.1, 0.15) is 39.0 Å². The zero-order valence-corrected chi connectivity index (χ0v) is 15.9. The lowest BCUT2D eigenvalue weighted by atomic mass is 9.96. The van der Waals surface area contributed by atoms with E-state index in [1.165, 1.54) is 22.9 Å². The van der Waals surface area contributed by atoms with Crippen molar-refractivity contribution in [3.63, 3.8) is 0 Å². The van der Waals surface area contributed by atoms with Gasteiger partial charge in [0.2, 0.25) is 10.0 Å². The fraction of sp³-hybridized carbons (Fsp3) is 0.611. The van der Waals surface area contributed by atoms with Crippen LogP contribution < -0.4 is 10.6 Å². The topological polar surface area (TPSA) is 87.7 Å². The van der Waals surface area contributed by atoms with E-state index < -0.39 is 10.0 Å². The number of nitrogens with zero attached hydrogens (tertiary/aromatic N) is 1. The molecule has 0 spiro atoms. The smallest absolute Gasteiger partial charge is 0.319 e. The summed E-state index contributed by atoms with van der Waals surface area (Å²) in [6.07, 6.45) is 5.57. The minimum Gasteiger partial charge on any atom is -0.378 e. The highest BCUT2D eigenvalue weighted by Gasteiger charge is 2.31. The predicted octanol–water partition coefficient (Wildman–Crippen LogP) is 2.55. The molecular weight excluding hydrogens is 354 g/mol. The zero-order valence-electron chi connectivity index (χ0n) is 15.1. The van der Waals surface area contributed by atoms with E-state index in [9.17, 15) is 13.2 Å². The monoisotopic (exact) mass is 381 g/mol. The second-order valence-electron chi connectivity index (χ2n) is 7.00. The molecule has 7 nitrogen and oxygen atoms in total. The molecule has 3 rings (SSSR count). The number of hydrogen-bond donors (Lipinski definition) is 2. The summed E-state index contributed by atoms with van der Waals surface area (Å²) in [7, 11) is -3.55. The third-order valence-corrected chi connectivity index (χ3v) is 6.99. The van der Waals surface area contributed by atoms with Crippen LogP contribution in [0.25, 0.3) is 0 Å². The van der Waals surface area contributed by atoms with Crippen molar-refractivity contribution in [2.75, 3.05) is 25.1 Å². The molecule has 2 aliphatic rings. The van der Waals surface area contributed by atoms with Gasteiger partial charge >= 0.3 is 6.03 Å². The van der Waals surface area contributed by atoms with Crippen LogP contribution in [-0.2, 0) is 14.8 Å². The molecule has 144 valence electrons. The normalized spacial score (nSPS) is 22.7. The molecule has 0 radical (unpaired) electrons. The van der Waals surface area contributed by atoms with E-state index in [2.05, 4.69) is 10.6 Å². The highest BCUT2D eigenvalue weighted by molar-refractivity contribution is 7.89. The van der Waals surface area contributed by atoms with Crippen LogP contribution in [-0.4, -0.2) is 50.6 Å². The van der Waals surface area contributed by atoms with Gasteiger partial charge in [0, 0.05) is 24.3 Å². The number of ether oxygens (including phenoxy) is 1. The molecule has 2 amide bonds. The molecule has 1 saturated heterocycles. The minimum absolute atomic E-state index is 0.187. The van der Waals surface area contributed by atoms with Gasteiger partial charge in [-0.3, -0.25) is 0 Å². The van der Waals surface area contributed by atoms with E-state index >= 15 is 0 Å². The Morgan fingerprint density at radius 2 is 1.85 bits per heavy atom. The molecule has 1 atom stereocenters. The van der Waals surface area contributed by atoms with Crippen LogP contribution in [0, 0.1) is 0 Å². The Balaban J connectivity index is 1.61. The SMILES string of the molecule is CC1COCCN1S(=O)(=O)c1ccc(NC(=O)NC2CCCCC2)cc1. The van der Waals surface area contributed by atoms with Crippen LogP contribution in [0.5, 0.6) is 0 Å². The van der Waals surface area contributed by atoms with Gasteiger partial charge in [0.15, 0.2) is 0 Å². The fourth-order valence-corrected chi connectivity index (χ4v) is 5.11. The summed E-state index contributed by atoms with van der Waals surface area (Å²) >= 11 is 0. The Kier molecular flexibility index (Phi) is 6.16. The molecule has 26 heavy (non-hydrogen) atoms. The van der Waals surface area contributed by atoms with E-state index in [-0.39, 0.29) is 23.0 Å². The van der Waals surface area contributed by atoms with Gasteiger partial charge in [-0.15, -0.1) is 0 Å². The number of sulfonamides is 1. The maximum absolute atomic E-state index is 12.8. The molecule has 8 heteroatoms. The van der Waals surface area contributed by atoms with Gasteiger partial charge in [-0.1, -0.05) is 19.3 Å². The summed E-state index contributed by atoms with van der Waals surface area (Å²) in [6.45, 7) is 3.00. The summed E-state index contributed by atoms with van der Waals surface area (Å²) in [6, 6.07) is 6.12. The van der Waals surface area contributed by atoms with Crippen LogP contribution >= 0.6 is 0 Å². The van der Waals surface area contributed by atoms with Crippen molar-refractivity contribution in [2.24, 2.45) is 0 Å². The molecule has 1 heterocycles. The van der Waals surface area contributed by atoms with Gasteiger partial charge in [0.1, 0.15) is 0 Å². The Bertz CT molecular complexity index is 714. The van der Waals surface area contributed by atoms with Crippen LogP contribution in [0.4, 0.5) is 10.5 Å². The van der Waals surface area contributed by atoms with Crippen molar-refractivity contribution in [2.45, 2.75) is 56.0 Å². The molecule has 2 fully saturated rings. The zero-order chi connectivity index (χ0) is 18.6. The Hall–Kier alpha value is -1.64. The number of nitrogens with one attached hydrogen (secondary N) is 2. The van der Waals surface area contributed by atoms with Gasteiger partial charge in [-0.05, 0) is 44.0 Å². The molecule has 0 aromatic heterocycles. The number of carbonyl (C=O) groups is 1. The highest BCUT2D eigenvalue weighted by atomic mass is 32.2. The summed E-state index contributed by atoms with van der Waals surface area (Å²) in [5.41, 5.74) is 0.576. The molecule has 1 unspecified atom stereocenters. The number of morpholine rings is 1. The highest BCUT2D eigenvalue weighted by Crippen LogP contribution is 2.22.